The first-order valence-corrected chi connectivity index (χ1v) is 7.91. The van der Waals surface area contributed by atoms with E-state index in [0.717, 1.165) is 11.7 Å². The van der Waals surface area contributed by atoms with Gasteiger partial charge in [0.15, 0.2) is 5.84 Å². The van der Waals surface area contributed by atoms with E-state index in [1.165, 1.54) is 0 Å². The Morgan fingerprint density at radius 3 is 2.72 bits per heavy atom. The lowest BCUT2D eigenvalue weighted by Gasteiger charge is -2.32. The van der Waals surface area contributed by atoms with E-state index in [0.29, 0.717) is 16.7 Å². The molecule has 12 heteroatoms. The van der Waals surface area contributed by atoms with E-state index < -0.39 is 37.1 Å². The van der Waals surface area contributed by atoms with Crippen molar-refractivity contribution in [2.75, 3.05) is 11.9 Å². The van der Waals surface area contributed by atoms with Crippen LogP contribution in [0, 0.1) is 0 Å². The molecule has 4 atom stereocenters. The summed E-state index contributed by atoms with van der Waals surface area (Å²) in [5, 5.41) is 40.7. The third-order valence-electron chi connectivity index (χ3n) is 3.59. The number of hydroxylamine groups is 1. The molecule has 0 bridgehead atoms. The molecule has 0 saturated carbocycles. The number of aliphatic hydroxyl groups is 4. The van der Waals surface area contributed by atoms with Gasteiger partial charge in [-0.25, -0.2) is 10.3 Å². The Bertz CT molecular complexity index is 798. The monoisotopic (exact) mass is 369 g/mol. The molecule has 0 fully saturated rings. The van der Waals surface area contributed by atoms with Gasteiger partial charge >= 0.3 is 6.09 Å². The summed E-state index contributed by atoms with van der Waals surface area (Å²) in [5.74, 6) is -0.286. The zero-order chi connectivity index (χ0) is 18.0. The number of carbonyl (C=O) groups is 1. The summed E-state index contributed by atoms with van der Waals surface area (Å²) in [4.78, 5) is 20.3. The number of aliphatic imine (C=N–C) groups is 1. The van der Waals surface area contributed by atoms with Gasteiger partial charge < -0.3 is 25.3 Å². The summed E-state index contributed by atoms with van der Waals surface area (Å²) in [6, 6.07) is 3.85. The van der Waals surface area contributed by atoms with Crippen molar-refractivity contribution in [2.45, 2.75) is 24.4 Å². The smallest absolute Gasteiger partial charge is 0.394 e. The van der Waals surface area contributed by atoms with Crippen LogP contribution >= 0.6 is 11.7 Å². The van der Waals surface area contributed by atoms with Crippen LogP contribution in [0.15, 0.2) is 23.2 Å². The minimum atomic E-state index is -1.59. The number of benzene rings is 1. The van der Waals surface area contributed by atoms with E-state index in [-0.39, 0.29) is 5.84 Å². The Hall–Kier alpha value is -2.38. The van der Waals surface area contributed by atoms with Crippen LogP contribution in [-0.2, 0) is 4.84 Å². The molecule has 134 valence electrons. The van der Waals surface area contributed by atoms with Crippen LogP contribution in [0.1, 0.15) is 0 Å². The van der Waals surface area contributed by atoms with Crippen molar-refractivity contribution < 1.29 is 30.1 Å². The molecule has 0 aliphatic carbocycles. The molecule has 25 heavy (non-hydrogen) atoms. The van der Waals surface area contributed by atoms with E-state index in [9.17, 15) is 20.1 Å². The second-order valence-corrected chi connectivity index (χ2v) is 5.80. The van der Waals surface area contributed by atoms with Gasteiger partial charge in [-0.15, -0.1) is 0 Å². The predicted octanol–water partition coefficient (Wildman–Crippen LogP) is -1.40. The van der Waals surface area contributed by atoms with Crippen LogP contribution in [0.2, 0.25) is 0 Å². The largest absolute Gasteiger partial charge is 0.435 e. The number of nitrogens with zero attached hydrogens (tertiary/aromatic N) is 3. The third kappa shape index (κ3) is 3.67. The van der Waals surface area contributed by atoms with Gasteiger partial charge in [0.25, 0.3) is 0 Å². The van der Waals surface area contributed by atoms with Gasteiger partial charge in [0.05, 0.1) is 18.3 Å². The number of amidine groups is 1. The Balaban J connectivity index is 1.61. The Morgan fingerprint density at radius 2 is 1.96 bits per heavy atom. The second kappa shape index (κ2) is 7.25. The Morgan fingerprint density at radius 1 is 1.20 bits per heavy atom. The van der Waals surface area contributed by atoms with Crippen molar-refractivity contribution in [1.82, 2.24) is 14.2 Å². The van der Waals surface area contributed by atoms with Gasteiger partial charge in [0.2, 0.25) is 0 Å². The van der Waals surface area contributed by atoms with Crippen molar-refractivity contribution in [3.8, 4) is 0 Å². The summed E-state index contributed by atoms with van der Waals surface area (Å²) in [5.41, 5.74) is 3.85. The molecule has 2 aromatic rings. The van der Waals surface area contributed by atoms with Crippen molar-refractivity contribution in [1.29, 1.82) is 0 Å². The summed E-state index contributed by atoms with van der Waals surface area (Å²) in [6.45, 7) is -0.552. The Kier molecular flexibility index (Phi) is 5.06. The number of anilines is 1. The number of carbonyl (C=O) groups excluding carboxylic acids is 1. The molecule has 11 nitrogen and oxygen atoms in total. The van der Waals surface area contributed by atoms with Gasteiger partial charge in [0, 0.05) is 5.69 Å². The molecule has 1 aromatic heterocycles. The number of aliphatic hydroxyl groups excluding tert-OH is 4. The summed E-state index contributed by atoms with van der Waals surface area (Å²) in [7, 11) is 0. The number of aromatic nitrogens is 2. The minimum Gasteiger partial charge on any atom is -0.394 e. The lowest BCUT2D eigenvalue weighted by atomic mass is 9.97. The van der Waals surface area contributed by atoms with Gasteiger partial charge in [-0.3, -0.25) is 10.3 Å². The average Bonchev–Trinajstić information content (AvgIpc) is 3.07. The molecule has 0 radical (unpaired) electrons. The zero-order valence-electron chi connectivity index (χ0n) is 12.6. The molecular formula is C13H15N5O6S. The van der Waals surface area contributed by atoms with Gasteiger partial charge in [-0.05, 0) is 18.2 Å². The number of rotatable bonds is 2. The van der Waals surface area contributed by atoms with Crippen molar-refractivity contribution in [2.24, 2.45) is 4.99 Å². The van der Waals surface area contributed by atoms with Crippen LogP contribution in [0.3, 0.4) is 0 Å². The maximum atomic E-state index is 11.8. The highest BCUT2D eigenvalue weighted by molar-refractivity contribution is 7.00. The quantitative estimate of drug-likeness (QED) is 0.348. The Labute approximate surface area is 144 Å². The topological polar surface area (TPSA) is 169 Å². The molecule has 1 aliphatic heterocycles. The standard InChI is InChI=1S/C13H15N5O6S/c19-4-8-9(20)10(21)11(22)12(15-8)16-24-13(23)14-5-1-2-6-7(3-5)18-25-17-6/h1-3,8-11,19-22H,4H2,(H,14,23)(H,15,16)/t8-,9-,10+,11-/m1/s1. The predicted molar refractivity (Wildman–Crippen MR) is 87.0 cm³/mol. The fourth-order valence-corrected chi connectivity index (χ4v) is 2.76. The van der Waals surface area contributed by atoms with E-state index in [1.807, 2.05) is 0 Å². The molecule has 1 amide bonds. The highest BCUT2D eigenvalue weighted by Gasteiger charge is 2.39. The molecule has 6 N–H and O–H groups in total. The molecule has 2 heterocycles. The summed E-state index contributed by atoms with van der Waals surface area (Å²) >= 11 is 1.05. The summed E-state index contributed by atoms with van der Waals surface area (Å²) in [6.07, 6.45) is -5.51. The molecule has 0 unspecified atom stereocenters. The molecular weight excluding hydrogens is 354 g/mol. The first-order valence-electron chi connectivity index (χ1n) is 7.18. The highest BCUT2D eigenvalue weighted by atomic mass is 32.1. The normalized spacial score (nSPS) is 26.2. The number of amides is 1. The molecule has 0 saturated heterocycles. The van der Waals surface area contributed by atoms with Gasteiger partial charge in [0.1, 0.15) is 35.4 Å². The van der Waals surface area contributed by atoms with Crippen LogP contribution in [0.4, 0.5) is 10.5 Å². The van der Waals surface area contributed by atoms with E-state index >= 15 is 0 Å². The van der Waals surface area contributed by atoms with Crippen molar-refractivity contribution >= 4 is 40.4 Å². The molecule has 3 rings (SSSR count). The zero-order valence-corrected chi connectivity index (χ0v) is 13.4. The van der Waals surface area contributed by atoms with Crippen LogP contribution in [0.25, 0.3) is 11.0 Å². The SMILES string of the molecule is O=C(Nc1ccc2nsnc2c1)ONC1=N[C@H](CO)[C@@H](O)[C@H](O)[C@H]1O. The number of hydrogen-bond donors (Lipinski definition) is 6. The van der Waals surface area contributed by atoms with Crippen LogP contribution < -0.4 is 10.8 Å². The fourth-order valence-electron chi connectivity index (χ4n) is 2.24. The first kappa shape index (κ1) is 17.4. The number of fused-ring (bicyclic) bond motifs is 1. The maximum absolute atomic E-state index is 11.8. The fraction of sp³-hybridized carbons (Fsp3) is 0.385. The summed E-state index contributed by atoms with van der Waals surface area (Å²) < 4.78 is 8.08. The average molecular weight is 369 g/mol. The van der Waals surface area contributed by atoms with E-state index in [4.69, 9.17) is 9.94 Å². The van der Waals surface area contributed by atoms with Crippen molar-refractivity contribution in [3.63, 3.8) is 0 Å². The van der Waals surface area contributed by atoms with Crippen LogP contribution in [-0.4, -0.2) is 72.1 Å². The third-order valence-corrected chi connectivity index (χ3v) is 4.14. The van der Waals surface area contributed by atoms with Crippen LogP contribution in [0.5, 0.6) is 0 Å². The molecule has 1 aromatic carbocycles. The number of hydrogen-bond acceptors (Lipinski definition) is 11. The number of nitrogens with one attached hydrogen (secondary N) is 2. The molecule has 1 aliphatic rings. The lowest BCUT2D eigenvalue weighted by molar-refractivity contribution is -0.0624. The van der Waals surface area contributed by atoms with Crippen molar-refractivity contribution in [3.05, 3.63) is 18.2 Å². The highest BCUT2D eigenvalue weighted by Crippen LogP contribution is 2.17. The maximum Gasteiger partial charge on any atom is 0.435 e. The molecule has 0 spiro atoms. The lowest BCUT2D eigenvalue weighted by Crippen LogP contribution is -2.56. The van der Waals surface area contributed by atoms with Gasteiger partial charge in [-0.1, -0.05) is 0 Å². The minimum absolute atomic E-state index is 0.286. The second-order valence-electron chi connectivity index (χ2n) is 5.27. The van der Waals surface area contributed by atoms with Gasteiger partial charge in [-0.2, -0.15) is 8.75 Å². The first-order chi connectivity index (χ1) is 12.0. The van der Waals surface area contributed by atoms with E-state index in [2.05, 4.69) is 24.5 Å². The van der Waals surface area contributed by atoms with E-state index in [1.54, 1.807) is 18.2 Å².